The number of aromatic nitrogens is 1. The molecule has 2 aromatic rings. The molecule has 0 radical (unpaired) electrons. The van der Waals surface area contributed by atoms with Gasteiger partial charge in [-0.2, -0.15) is 0 Å². The summed E-state index contributed by atoms with van der Waals surface area (Å²) in [6, 6.07) is 3.01. The van der Waals surface area contributed by atoms with E-state index < -0.39 is 46.8 Å². The maximum absolute atomic E-state index is 12.8. The molecule has 4 rings (SSSR count). The summed E-state index contributed by atoms with van der Waals surface area (Å²) < 4.78 is 0. The van der Waals surface area contributed by atoms with Crippen LogP contribution in [0.3, 0.4) is 0 Å². The number of imide groups is 1. The van der Waals surface area contributed by atoms with Crippen LogP contribution in [0, 0.1) is 10.1 Å². The second-order valence-electron chi connectivity index (χ2n) is 6.72. The summed E-state index contributed by atoms with van der Waals surface area (Å²) in [6.45, 7) is -0.289. The number of carbonyl (C=O) groups excluding carboxylic acids is 4. The number of fused-ring (bicyclic) bond motifs is 1. The lowest BCUT2D eigenvalue weighted by Crippen LogP contribution is -2.48. The van der Waals surface area contributed by atoms with Crippen LogP contribution in [0.2, 0.25) is 0 Å². The first-order valence-electron chi connectivity index (χ1n) is 9.02. The Bertz CT molecular complexity index is 1070. The summed E-state index contributed by atoms with van der Waals surface area (Å²) in [5.41, 5.74) is -0.913. The van der Waals surface area contributed by atoms with Crippen molar-refractivity contribution >= 4 is 45.8 Å². The second-order valence-corrected chi connectivity index (χ2v) is 7.62. The predicted octanol–water partition coefficient (Wildman–Crippen LogP) is 1.28. The van der Waals surface area contributed by atoms with Gasteiger partial charge in [0, 0.05) is 24.2 Å². The molecule has 4 amide bonds. The Labute approximate surface area is 173 Å². The largest absolute Gasteiger partial charge is 0.329 e. The summed E-state index contributed by atoms with van der Waals surface area (Å²) >= 11 is 1.24. The minimum Gasteiger partial charge on any atom is -0.329 e. The van der Waals surface area contributed by atoms with E-state index in [0.29, 0.717) is 29.4 Å². The Kier molecular flexibility index (Phi) is 4.99. The molecular weight excluding hydrogens is 414 g/mol. The number of thiazole rings is 1. The number of nitro benzene ring substituents is 1. The zero-order chi connectivity index (χ0) is 21.4. The SMILES string of the molecule is O=C(Nc1nccs1)C1CCCN1C(=O)CN1C(=O)c2cccc([N+](=O)[O-])c2C1=O. The Balaban J connectivity index is 1.50. The molecule has 2 aliphatic heterocycles. The van der Waals surface area contributed by atoms with Crippen LogP contribution in [-0.4, -0.2) is 62.5 Å². The normalized spacial score (nSPS) is 17.9. The van der Waals surface area contributed by atoms with Gasteiger partial charge < -0.3 is 10.2 Å². The third-order valence-corrected chi connectivity index (χ3v) is 5.69. The fraction of sp³-hybridized carbons (Fsp3) is 0.278. The molecule has 11 nitrogen and oxygen atoms in total. The van der Waals surface area contributed by atoms with Crippen molar-refractivity contribution in [3.8, 4) is 0 Å². The Morgan fingerprint density at radius 3 is 2.80 bits per heavy atom. The van der Waals surface area contributed by atoms with E-state index in [0.717, 1.165) is 6.07 Å². The number of hydrogen-bond donors (Lipinski definition) is 1. The molecule has 1 aromatic carbocycles. The van der Waals surface area contributed by atoms with Crippen LogP contribution in [-0.2, 0) is 9.59 Å². The van der Waals surface area contributed by atoms with Gasteiger partial charge in [0.15, 0.2) is 5.13 Å². The molecule has 0 spiro atoms. The Morgan fingerprint density at radius 2 is 2.10 bits per heavy atom. The molecule has 1 aromatic heterocycles. The molecule has 0 saturated carbocycles. The third kappa shape index (κ3) is 3.30. The fourth-order valence-electron chi connectivity index (χ4n) is 3.65. The van der Waals surface area contributed by atoms with E-state index in [1.54, 1.807) is 11.6 Å². The molecule has 1 unspecified atom stereocenters. The molecule has 154 valence electrons. The minimum absolute atomic E-state index is 0.110. The number of hydrogen-bond acceptors (Lipinski definition) is 8. The van der Waals surface area contributed by atoms with Crippen molar-refractivity contribution in [1.82, 2.24) is 14.8 Å². The van der Waals surface area contributed by atoms with Crippen LogP contribution in [0.4, 0.5) is 10.8 Å². The first kappa shape index (κ1) is 19.6. The van der Waals surface area contributed by atoms with E-state index in [1.165, 1.54) is 28.4 Å². The van der Waals surface area contributed by atoms with Crippen LogP contribution < -0.4 is 5.32 Å². The maximum Gasteiger partial charge on any atom is 0.282 e. The van der Waals surface area contributed by atoms with Crippen molar-refractivity contribution in [3.63, 3.8) is 0 Å². The average molecular weight is 429 g/mol. The molecule has 1 fully saturated rings. The first-order valence-corrected chi connectivity index (χ1v) is 9.90. The quantitative estimate of drug-likeness (QED) is 0.428. The van der Waals surface area contributed by atoms with Gasteiger partial charge in [-0.15, -0.1) is 11.3 Å². The van der Waals surface area contributed by atoms with Gasteiger partial charge in [-0.25, -0.2) is 4.98 Å². The number of carbonyl (C=O) groups is 4. The molecule has 30 heavy (non-hydrogen) atoms. The smallest absolute Gasteiger partial charge is 0.282 e. The van der Waals surface area contributed by atoms with Gasteiger partial charge in [-0.3, -0.25) is 34.2 Å². The summed E-state index contributed by atoms with van der Waals surface area (Å²) in [7, 11) is 0. The molecule has 2 aliphatic rings. The number of anilines is 1. The van der Waals surface area contributed by atoms with Gasteiger partial charge in [-0.05, 0) is 18.9 Å². The minimum atomic E-state index is -0.890. The van der Waals surface area contributed by atoms with E-state index in [2.05, 4.69) is 10.3 Å². The monoisotopic (exact) mass is 429 g/mol. The number of nitrogens with zero attached hydrogens (tertiary/aromatic N) is 4. The first-order chi connectivity index (χ1) is 14.4. The Hall–Kier alpha value is -3.67. The number of likely N-dealkylation sites (tertiary alicyclic amines) is 1. The molecule has 12 heteroatoms. The zero-order valence-electron chi connectivity index (χ0n) is 15.4. The number of rotatable bonds is 5. The van der Waals surface area contributed by atoms with E-state index in [1.807, 2.05) is 0 Å². The van der Waals surface area contributed by atoms with Crippen LogP contribution in [0.25, 0.3) is 0 Å². The van der Waals surface area contributed by atoms with Crippen LogP contribution in [0.1, 0.15) is 33.6 Å². The number of nitro groups is 1. The van der Waals surface area contributed by atoms with Crippen molar-refractivity contribution in [3.05, 3.63) is 51.0 Å². The zero-order valence-corrected chi connectivity index (χ0v) is 16.3. The molecular formula is C18H15N5O6S. The average Bonchev–Trinajstić information content (AvgIpc) is 3.45. The lowest BCUT2D eigenvalue weighted by molar-refractivity contribution is -0.385. The summed E-state index contributed by atoms with van der Waals surface area (Å²) in [5, 5.41) is 16.0. The van der Waals surface area contributed by atoms with Crippen molar-refractivity contribution in [2.45, 2.75) is 18.9 Å². The van der Waals surface area contributed by atoms with Crippen LogP contribution >= 0.6 is 11.3 Å². The number of benzene rings is 1. The number of amides is 4. The van der Waals surface area contributed by atoms with Gasteiger partial charge in [0.05, 0.1) is 10.5 Å². The van der Waals surface area contributed by atoms with Crippen molar-refractivity contribution in [2.24, 2.45) is 0 Å². The van der Waals surface area contributed by atoms with E-state index in [-0.39, 0.29) is 11.1 Å². The third-order valence-electron chi connectivity index (χ3n) is 5.01. The molecule has 1 saturated heterocycles. The standard InChI is InChI=1S/C18H15N5O6S/c24-13(21-7-2-5-12(21)15(25)20-18-19-6-8-30-18)9-22-16(26)10-3-1-4-11(23(28)29)14(10)17(22)27/h1,3-4,6,8,12H,2,5,7,9H2,(H,19,20,25). The highest BCUT2D eigenvalue weighted by atomic mass is 32.1. The fourth-order valence-corrected chi connectivity index (χ4v) is 4.18. The molecule has 1 N–H and O–H groups in total. The summed E-state index contributed by atoms with van der Waals surface area (Å²) in [4.78, 5) is 67.0. The van der Waals surface area contributed by atoms with Gasteiger partial charge in [-0.1, -0.05) is 6.07 Å². The van der Waals surface area contributed by atoms with Crippen molar-refractivity contribution in [2.75, 3.05) is 18.4 Å². The van der Waals surface area contributed by atoms with Gasteiger partial charge in [0.25, 0.3) is 17.5 Å². The molecule has 3 heterocycles. The summed E-state index contributed by atoms with van der Waals surface area (Å²) in [5.74, 6) is -2.63. The van der Waals surface area contributed by atoms with Gasteiger partial charge in [0.2, 0.25) is 11.8 Å². The number of nitrogens with one attached hydrogen (secondary N) is 1. The predicted molar refractivity (Wildman–Crippen MR) is 104 cm³/mol. The van der Waals surface area contributed by atoms with Gasteiger partial charge >= 0.3 is 0 Å². The van der Waals surface area contributed by atoms with E-state index >= 15 is 0 Å². The van der Waals surface area contributed by atoms with E-state index in [4.69, 9.17) is 0 Å². The summed E-state index contributed by atoms with van der Waals surface area (Å²) in [6.07, 6.45) is 2.57. The van der Waals surface area contributed by atoms with Crippen molar-refractivity contribution in [1.29, 1.82) is 0 Å². The van der Waals surface area contributed by atoms with Crippen LogP contribution in [0.5, 0.6) is 0 Å². The lowest BCUT2D eigenvalue weighted by atomic mass is 10.1. The highest BCUT2D eigenvalue weighted by molar-refractivity contribution is 7.13. The molecule has 0 aliphatic carbocycles. The topological polar surface area (TPSA) is 143 Å². The van der Waals surface area contributed by atoms with Crippen LogP contribution in [0.15, 0.2) is 29.8 Å². The highest BCUT2D eigenvalue weighted by Gasteiger charge is 2.43. The molecule has 0 bridgehead atoms. The highest BCUT2D eigenvalue weighted by Crippen LogP contribution is 2.31. The maximum atomic E-state index is 12.8. The Morgan fingerprint density at radius 1 is 1.30 bits per heavy atom. The van der Waals surface area contributed by atoms with Gasteiger partial charge in [0.1, 0.15) is 18.2 Å². The lowest BCUT2D eigenvalue weighted by Gasteiger charge is -2.25. The van der Waals surface area contributed by atoms with Crippen molar-refractivity contribution < 1.29 is 24.1 Å². The molecule has 1 atom stereocenters. The second kappa shape index (κ2) is 7.63. The van der Waals surface area contributed by atoms with E-state index in [9.17, 15) is 29.3 Å².